The van der Waals surface area contributed by atoms with Crippen LogP contribution in [0, 0.1) is 5.92 Å². The number of benzene rings is 2. The Morgan fingerprint density at radius 2 is 1.97 bits per heavy atom. The van der Waals surface area contributed by atoms with Crippen LogP contribution >= 0.6 is 0 Å². The summed E-state index contributed by atoms with van der Waals surface area (Å²) in [7, 11) is 0. The number of hydrogen-bond donors (Lipinski definition) is 3. The van der Waals surface area contributed by atoms with Crippen molar-refractivity contribution in [3.05, 3.63) is 71.0 Å². The van der Waals surface area contributed by atoms with Crippen LogP contribution in [0.3, 0.4) is 0 Å². The van der Waals surface area contributed by atoms with Crippen LogP contribution in [0.2, 0.25) is 0 Å². The van der Waals surface area contributed by atoms with E-state index in [1.807, 2.05) is 36.4 Å². The molecule has 2 aromatic carbocycles. The van der Waals surface area contributed by atoms with Gasteiger partial charge in [-0.3, -0.25) is 0 Å². The molecule has 32 heavy (non-hydrogen) atoms. The Balaban J connectivity index is 1.47. The first kappa shape index (κ1) is 21.1. The number of fused-ring (bicyclic) bond motifs is 3. The number of aryl methyl sites for hydroxylation is 1. The maximum absolute atomic E-state index is 11.8. The van der Waals surface area contributed by atoms with Gasteiger partial charge in [-0.05, 0) is 73.8 Å². The van der Waals surface area contributed by atoms with Gasteiger partial charge in [0.1, 0.15) is 11.4 Å². The summed E-state index contributed by atoms with van der Waals surface area (Å²) < 4.78 is 5.88. The molecule has 2 aliphatic rings. The van der Waals surface area contributed by atoms with Crippen LogP contribution in [0.4, 0.5) is 0 Å². The minimum absolute atomic E-state index is 0.176. The zero-order valence-corrected chi connectivity index (χ0v) is 18.6. The third kappa shape index (κ3) is 3.22. The molecule has 0 amide bonds. The minimum Gasteiger partial charge on any atom is -0.485 e. The fraction of sp³-hybridized carbons (Fsp3) is 0.480. The van der Waals surface area contributed by atoms with Gasteiger partial charge in [-0.15, -0.1) is 10.2 Å². The van der Waals surface area contributed by atoms with E-state index in [9.17, 15) is 10.2 Å². The quantitative estimate of drug-likeness (QED) is 0.568. The number of tetrazole rings is 1. The molecule has 2 aliphatic carbocycles. The fourth-order valence-electron chi connectivity index (χ4n) is 6.19. The highest BCUT2D eigenvalue weighted by Gasteiger charge is 2.60. The normalized spacial score (nSPS) is 31.6. The van der Waals surface area contributed by atoms with E-state index in [1.165, 1.54) is 11.1 Å². The second kappa shape index (κ2) is 7.67. The zero-order chi connectivity index (χ0) is 22.4. The highest BCUT2D eigenvalue weighted by Crippen LogP contribution is 2.60. The van der Waals surface area contributed by atoms with E-state index in [0.29, 0.717) is 18.7 Å². The van der Waals surface area contributed by atoms with E-state index in [0.717, 1.165) is 30.6 Å². The SMILES string of the molecule is CCC12CC(C)(O)C(O)(c3ccccc3)CC1CCc1cc(OCc3nn[nH]n3)ccc12. The first-order valence-electron chi connectivity index (χ1n) is 11.4. The lowest BCUT2D eigenvalue weighted by Crippen LogP contribution is -2.62. The topological polar surface area (TPSA) is 104 Å². The van der Waals surface area contributed by atoms with Gasteiger partial charge in [0, 0.05) is 5.41 Å². The number of nitrogens with zero attached hydrogens (tertiary/aromatic N) is 3. The van der Waals surface area contributed by atoms with Gasteiger partial charge in [0.15, 0.2) is 6.61 Å². The van der Waals surface area contributed by atoms with Crippen LogP contribution in [0.5, 0.6) is 5.75 Å². The van der Waals surface area contributed by atoms with E-state index < -0.39 is 11.2 Å². The van der Waals surface area contributed by atoms with Crippen molar-refractivity contribution in [3.63, 3.8) is 0 Å². The Morgan fingerprint density at radius 3 is 2.69 bits per heavy atom. The fourth-order valence-corrected chi connectivity index (χ4v) is 6.19. The van der Waals surface area contributed by atoms with Crippen molar-refractivity contribution < 1.29 is 14.9 Å². The molecule has 3 N–H and O–H groups in total. The van der Waals surface area contributed by atoms with Crippen molar-refractivity contribution in [1.82, 2.24) is 20.6 Å². The summed E-state index contributed by atoms with van der Waals surface area (Å²) in [5.41, 5.74) is 0.648. The van der Waals surface area contributed by atoms with Crippen molar-refractivity contribution in [2.75, 3.05) is 0 Å². The van der Waals surface area contributed by atoms with Gasteiger partial charge in [-0.2, -0.15) is 5.21 Å². The van der Waals surface area contributed by atoms with Crippen LogP contribution in [0.25, 0.3) is 0 Å². The molecule has 1 fully saturated rings. The third-order valence-corrected chi connectivity index (χ3v) is 7.89. The van der Waals surface area contributed by atoms with Crippen molar-refractivity contribution in [3.8, 4) is 5.75 Å². The highest BCUT2D eigenvalue weighted by atomic mass is 16.5. The molecule has 0 spiro atoms. The lowest BCUT2D eigenvalue weighted by atomic mass is 9.49. The summed E-state index contributed by atoms with van der Waals surface area (Å²) >= 11 is 0. The number of aromatic nitrogens is 4. The lowest BCUT2D eigenvalue weighted by molar-refractivity contribution is -0.205. The number of ether oxygens (including phenoxy) is 1. The number of aromatic amines is 1. The molecule has 0 bridgehead atoms. The minimum atomic E-state index is -1.26. The van der Waals surface area contributed by atoms with E-state index in [1.54, 1.807) is 6.92 Å². The van der Waals surface area contributed by atoms with Crippen molar-refractivity contribution >= 4 is 0 Å². The summed E-state index contributed by atoms with van der Waals surface area (Å²) in [6.45, 7) is 4.26. The summed E-state index contributed by atoms with van der Waals surface area (Å²) in [4.78, 5) is 0. The summed E-state index contributed by atoms with van der Waals surface area (Å²) in [6.07, 6.45) is 3.87. The predicted molar refractivity (Wildman–Crippen MR) is 119 cm³/mol. The second-order valence-corrected chi connectivity index (χ2v) is 9.56. The number of nitrogens with one attached hydrogen (secondary N) is 1. The number of H-pyrrole nitrogens is 1. The molecule has 168 valence electrons. The molecule has 4 atom stereocenters. The van der Waals surface area contributed by atoms with Crippen LogP contribution in [-0.4, -0.2) is 36.4 Å². The average molecular weight is 435 g/mol. The van der Waals surface area contributed by atoms with E-state index in [-0.39, 0.29) is 17.9 Å². The van der Waals surface area contributed by atoms with Gasteiger partial charge in [0.25, 0.3) is 0 Å². The Kier molecular flexibility index (Phi) is 5.06. The summed E-state index contributed by atoms with van der Waals surface area (Å²) in [5.74, 6) is 1.58. The highest BCUT2D eigenvalue weighted by molar-refractivity contribution is 5.45. The number of aliphatic hydroxyl groups is 2. The Bertz CT molecular complexity index is 1090. The van der Waals surface area contributed by atoms with Crippen LogP contribution in [0.15, 0.2) is 48.5 Å². The standard InChI is InChI=1S/C25H30N4O3/c1-3-24-16-23(2,30)25(31,18-7-5-4-6-8-18)14-19(24)10-9-17-13-20(11-12-21(17)24)32-15-22-26-28-29-27-22/h4-8,11-13,19,30-31H,3,9-10,14-16H2,1-2H3,(H,26,27,28,29). The predicted octanol–water partition coefficient (Wildman–Crippen LogP) is 3.42. The Morgan fingerprint density at radius 1 is 1.16 bits per heavy atom. The first-order chi connectivity index (χ1) is 15.4. The molecule has 0 saturated heterocycles. The smallest absolute Gasteiger partial charge is 0.211 e. The number of rotatable bonds is 5. The monoisotopic (exact) mass is 434 g/mol. The molecule has 3 aromatic rings. The first-order valence-corrected chi connectivity index (χ1v) is 11.4. The van der Waals surface area contributed by atoms with Crippen molar-refractivity contribution in [1.29, 1.82) is 0 Å². The Labute approximate surface area is 187 Å². The summed E-state index contributed by atoms with van der Waals surface area (Å²) in [5, 5.41) is 37.3. The maximum atomic E-state index is 11.8. The van der Waals surface area contributed by atoms with Gasteiger partial charge in [-0.25, -0.2) is 0 Å². The molecule has 7 heteroatoms. The molecular formula is C25H30N4O3. The largest absolute Gasteiger partial charge is 0.485 e. The van der Waals surface area contributed by atoms with Gasteiger partial charge < -0.3 is 14.9 Å². The summed E-state index contributed by atoms with van der Waals surface area (Å²) in [6, 6.07) is 15.9. The molecule has 1 saturated carbocycles. The molecule has 0 aliphatic heterocycles. The van der Waals surface area contributed by atoms with Gasteiger partial charge in [0.2, 0.25) is 5.82 Å². The number of hydrogen-bond acceptors (Lipinski definition) is 6. The second-order valence-electron chi connectivity index (χ2n) is 9.56. The molecule has 0 radical (unpaired) electrons. The van der Waals surface area contributed by atoms with Gasteiger partial charge in [0.05, 0.1) is 5.60 Å². The molecule has 1 heterocycles. The van der Waals surface area contributed by atoms with Crippen molar-refractivity contribution in [2.24, 2.45) is 5.92 Å². The van der Waals surface area contributed by atoms with Crippen LogP contribution in [-0.2, 0) is 24.0 Å². The van der Waals surface area contributed by atoms with Gasteiger partial charge in [-0.1, -0.05) is 48.5 Å². The molecular weight excluding hydrogens is 404 g/mol. The molecule has 7 nitrogen and oxygen atoms in total. The van der Waals surface area contributed by atoms with E-state index in [4.69, 9.17) is 4.74 Å². The molecule has 5 rings (SSSR count). The van der Waals surface area contributed by atoms with E-state index >= 15 is 0 Å². The van der Waals surface area contributed by atoms with Crippen LogP contribution < -0.4 is 4.74 Å². The van der Waals surface area contributed by atoms with Crippen LogP contribution in [0.1, 0.15) is 62.0 Å². The maximum Gasteiger partial charge on any atom is 0.211 e. The third-order valence-electron chi connectivity index (χ3n) is 7.89. The molecule has 4 unspecified atom stereocenters. The van der Waals surface area contributed by atoms with Gasteiger partial charge >= 0.3 is 0 Å². The molecule has 1 aromatic heterocycles. The zero-order valence-electron chi connectivity index (χ0n) is 18.6. The van der Waals surface area contributed by atoms with Crippen molar-refractivity contribution in [2.45, 2.75) is 69.2 Å². The van der Waals surface area contributed by atoms with E-state index in [2.05, 4.69) is 39.7 Å². The lowest BCUT2D eigenvalue weighted by Gasteiger charge is -2.59. The Hall–Kier alpha value is -2.77. The average Bonchev–Trinajstić information content (AvgIpc) is 3.32.